The standard InChI is InChI=1S/C10H8ClFS/c1-6-4-8-9(12)3-2-7(5-11)10(8)13-6/h2-4H,5H2,1H3. The molecular weight excluding hydrogens is 207 g/mol. The van der Waals surface area contributed by atoms with Crippen LogP contribution >= 0.6 is 22.9 Å². The number of fused-ring (bicyclic) bond motifs is 1. The third-order valence-corrected chi connectivity index (χ3v) is 3.39. The Labute approximate surface area is 85.0 Å². The van der Waals surface area contributed by atoms with Crippen molar-refractivity contribution in [1.82, 2.24) is 0 Å². The van der Waals surface area contributed by atoms with E-state index in [1.165, 1.54) is 6.07 Å². The zero-order valence-electron chi connectivity index (χ0n) is 7.10. The maximum Gasteiger partial charge on any atom is 0.131 e. The molecule has 2 aromatic rings. The molecule has 1 aromatic heterocycles. The highest BCUT2D eigenvalue weighted by atomic mass is 35.5. The van der Waals surface area contributed by atoms with Gasteiger partial charge in [0, 0.05) is 20.8 Å². The largest absolute Gasteiger partial charge is 0.206 e. The van der Waals surface area contributed by atoms with Crippen molar-refractivity contribution in [3.8, 4) is 0 Å². The second-order valence-electron chi connectivity index (χ2n) is 2.94. The lowest BCUT2D eigenvalue weighted by Crippen LogP contribution is -1.80. The first-order valence-electron chi connectivity index (χ1n) is 3.96. The molecule has 0 atom stereocenters. The smallest absolute Gasteiger partial charge is 0.131 e. The second-order valence-corrected chi connectivity index (χ2v) is 4.46. The molecule has 0 N–H and O–H groups in total. The Balaban J connectivity index is 2.83. The molecule has 0 fully saturated rings. The van der Waals surface area contributed by atoms with Gasteiger partial charge < -0.3 is 0 Å². The fourth-order valence-corrected chi connectivity index (χ4v) is 2.71. The second kappa shape index (κ2) is 3.28. The predicted molar refractivity (Wildman–Crippen MR) is 56.1 cm³/mol. The van der Waals surface area contributed by atoms with Crippen molar-refractivity contribution >= 4 is 33.0 Å². The third kappa shape index (κ3) is 1.45. The number of thiophene rings is 1. The van der Waals surface area contributed by atoms with Gasteiger partial charge >= 0.3 is 0 Å². The molecule has 13 heavy (non-hydrogen) atoms. The highest BCUT2D eigenvalue weighted by Crippen LogP contribution is 2.31. The zero-order valence-corrected chi connectivity index (χ0v) is 8.68. The van der Waals surface area contributed by atoms with E-state index in [-0.39, 0.29) is 5.82 Å². The van der Waals surface area contributed by atoms with E-state index in [4.69, 9.17) is 11.6 Å². The van der Waals surface area contributed by atoms with E-state index < -0.39 is 0 Å². The molecule has 0 bridgehead atoms. The molecule has 2 rings (SSSR count). The molecule has 1 heterocycles. The van der Waals surface area contributed by atoms with Crippen LogP contribution in [0.4, 0.5) is 4.39 Å². The van der Waals surface area contributed by atoms with E-state index >= 15 is 0 Å². The number of alkyl halides is 1. The molecule has 0 saturated heterocycles. The molecule has 0 unspecified atom stereocenters. The lowest BCUT2D eigenvalue weighted by Gasteiger charge is -1.97. The molecule has 0 spiro atoms. The summed E-state index contributed by atoms with van der Waals surface area (Å²) < 4.78 is 14.3. The number of halogens is 2. The van der Waals surface area contributed by atoms with Crippen LogP contribution in [0, 0.1) is 12.7 Å². The first-order chi connectivity index (χ1) is 6.22. The van der Waals surface area contributed by atoms with E-state index in [9.17, 15) is 4.39 Å². The summed E-state index contributed by atoms with van der Waals surface area (Å²) in [7, 11) is 0. The summed E-state index contributed by atoms with van der Waals surface area (Å²) in [5.41, 5.74) is 1.01. The summed E-state index contributed by atoms with van der Waals surface area (Å²) in [6.45, 7) is 1.97. The topological polar surface area (TPSA) is 0 Å². The molecule has 0 amide bonds. The van der Waals surface area contributed by atoms with Crippen molar-refractivity contribution in [2.75, 3.05) is 0 Å². The van der Waals surface area contributed by atoms with Crippen LogP contribution in [0.15, 0.2) is 18.2 Å². The van der Waals surface area contributed by atoms with Crippen LogP contribution in [0.1, 0.15) is 10.4 Å². The minimum Gasteiger partial charge on any atom is -0.206 e. The summed E-state index contributed by atoms with van der Waals surface area (Å²) in [6, 6.07) is 5.10. The van der Waals surface area contributed by atoms with Crippen LogP contribution in [-0.2, 0) is 5.88 Å². The Morgan fingerprint density at radius 1 is 1.46 bits per heavy atom. The van der Waals surface area contributed by atoms with Crippen LogP contribution < -0.4 is 0 Å². The van der Waals surface area contributed by atoms with Crippen molar-refractivity contribution < 1.29 is 4.39 Å². The van der Waals surface area contributed by atoms with Gasteiger partial charge in [0.15, 0.2) is 0 Å². The minimum absolute atomic E-state index is 0.159. The Bertz CT molecular complexity index is 447. The SMILES string of the molecule is Cc1cc2c(F)ccc(CCl)c2s1. The van der Waals surface area contributed by atoms with E-state index in [2.05, 4.69) is 0 Å². The average Bonchev–Trinajstić information content (AvgIpc) is 2.48. The van der Waals surface area contributed by atoms with E-state index in [0.717, 1.165) is 15.1 Å². The molecule has 0 radical (unpaired) electrons. The first kappa shape index (κ1) is 8.97. The summed E-state index contributed by atoms with van der Waals surface area (Å²) in [5, 5.41) is 0.695. The quantitative estimate of drug-likeness (QED) is 0.628. The van der Waals surface area contributed by atoms with Crippen LogP contribution in [-0.4, -0.2) is 0 Å². The monoisotopic (exact) mass is 214 g/mol. The van der Waals surface area contributed by atoms with Gasteiger partial charge in [-0.25, -0.2) is 4.39 Å². The molecule has 68 valence electrons. The highest BCUT2D eigenvalue weighted by Gasteiger charge is 2.07. The van der Waals surface area contributed by atoms with Crippen LogP contribution in [0.3, 0.4) is 0 Å². The van der Waals surface area contributed by atoms with E-state index in [1.807, 2.05) is 13.0 Å². The number of hydrogen-bond acceptors (Lipinski definition) is 1. The maximum absolute atomic E-state index is 13.3. The molecular formula is C10H8ClFS. The zero-order chi connectivity index (χ0) is 9.42. The normalized spacial score (nSPS) is 11.0. The fourth-order valence-electron chi connectivity index (χ4n) is 1.37. The van der Waals surface area contributed by atoms with Crippen molar-refractivity contribution in [2.24, 2.45) is 0 Å². The van der Waals surface area contributed by atoms with Crippen molar-refractivity contribution in [2.45, 2.75) is 12.8 Å². The van der Waals surface area contributed by atoms with Crippen molar-refractivity contribution in [1.29, 1.82) is 0 Å². The van der Waals surface area contributed by atoms with Crippen molar-refractivity contribution in [3.05, 3.63) is 34.5 Å². The van der Waals surface area contributed by atoms with E-state index in [1.54, 1.807) is 17.4 Å². The van der Waals surface area contributed by atoms with Gasteiger partial charge in [-0.05, 0) is 24.6 Å². The Morgan fingerprint density at radius 3 is 2.92 bits per heavy atom. The summed E-state index contributed by atoms with van der Waals surface area (Å²) >= 11 is 7.34. The summed E-state index contributed by atoms with van der Waals surface area (Å²) in [5.74, 6) is 0.282. The van der Waals surface area contributed by atoms with Gasteiger partial charge in [-0.1, -0.05) is 6.07 Å². The number of hydrogen-bond donors (Lipinski definition) is 0. The Hall–Kier alpha value is -0.600. The molecule has 3 heteroatoms. The molecule has 0 aliphatic carbocycles. The van der Waals surface area contributed by atoms with Gasteiger partial charge in [0.05, 0.1) is 0 Å². The fraction of sp³-hybridized carbons (Fsp3) is 0.200. The Kier molecular flexibility index (Phi) is 2.26. The lowest BCUT2D eigenvalue weighted by atomic mass is 10.2. The molecule has 1 aromatic carbocycles. The molecule has 0 saturated carbocycles. The van der Waals surface area contributed by atoms with Gasteiger partial charge in [0.1, 0.15) is 5.82 Å². The molecule has 0 aliphatic rings. The van der Waals surface area contributed by atoms with Crippen molar-refractivity contribution in [3.63, 3.8) is 0 Å². The van der Waals surface area contributed by atoms with Gasteiger partial charge in [0.25, 0.3) is 0 Å². The highest BCUT2D eigenvalue weighted by molar-refractivity contribution is 7.19. The van der Waals surface area contributed by atoms with Crippen LogP contribution in [0.25, 0.3) is 10.1 Å². The molecule has 0 nitrogen and oxygen atoms in total. The van der Waals surface area contributed by atoms with Crippen LogP contribution in [0.5, 0.6) is 0 Å². The van der Waals surface area contributed by atoms with Gasteiger partial charge in [0.2, 0.25) is 0 Å². The minimum atomic E-state index is -0.159. The van der Waals surface area contributed by atoms with Gasteiger partial charge in [-0.3, -0.25) is 0 Å². The average molecular weight is 215 g/mol. The number of benzene rings is 1. The predicted octanol–water partition coefficient (Wildman–Crippen LogP) is 4.09. The molecule has 0 aliphatic heterocycles. The summed E-state index contributed by atoms with van der Waals surface area (Å²) in [4.78, 5) is 1.12. The Morgan fingerprint density at radius 2 is 2.23 bits per heavy atom. The van der Waals surface area contributed by atoms with Crippen LogP contribution in [0.2, 0.25) is 0 Å². The maximum atomic E-state index is 13.3. The number of aryl methyl sites for hydroxylation is 1. The third-order valence-electron chi connectivity index (χ3n) is 1.98. The summed E-state index contributed by atoms with van der Waals surface area (Å²) in [6.07, 6.45) is 0. The first-order valence-corrected chi connectivity index (χ1v) is 5.31. The lowest BCUT2D eigenvalue weighted by molar-refractivity contribution is 0.640. The van der Waals surface area contributed by atoms with Gasteiger partial charge in [-0.15, -0.1) is 22.9 Å². The van der Waals surface area contributed by atoms with E-state index in [0.29, 0.717) is 11.3 Å². The number of rotatable bonds is 1. The van der Waals surface area contributed by atoms with Gasteiger partial charge in [-0.2, -0.15) is 0 Å².